The van der Waals surface area contributed by atoms with Crippen molar-refractivity contribution in [3.05, 3.63) is 18.1 Å². The fourth-order valence-electron chi connectivity index (χ4n) is 2.10. The van der Waals surface area contributed by atoms with E-state index >= 15 is 0 Å². The smallest absolute Gasteiger partial charge is 0.144 e. The zero-order valence-corrected chi connectivity index (χ0v) is 11.0. The van der Waals surface area contributed by atoms with Crippen LogP contribution in [0.1, 0.15) is 26.0 Å². The van der Waals surface area contributed by atoms with Crippen molar-refractivity contribution in [2.75, 3.05) is 25.5 Å². The zero-order chi connectivity index (χ0) is 12.3. The van der Waals surface area contributed by atoms with Crippen LogP contribution in [0.5, 0.6) is 0 Å². The summed E-state index contributed by atoms with van der Waals surface area (Å²) in [4.78, 5) is 11.1. The Morgan fingerprint density at radius 1 is 1.41 bits per heavy atom. The molecule has 17 heavy (non-hydrogen) atoms. The van der Waals surface area contributed by atoms with Gasteiger partial charge in [-0.15, -0.1) is 0 Å². The van der Waals surface area contributed by atoms with Gasteiger partial charge in [-0.2, -0.15) is 0 Å². The minimum atomic E-state index is 0.856. The predicted molar refractivity (Wildman–Crippen MR) is 69.8 cm³/mol. The van der Waals surface area contributed by atoms with E-state index < -0.39 is 0 Å². The van der Waals surface area contributed by atoms with Crippen LogP contribution < -0.4 is 5.32 Å². The second-order valence-electron chi connectivity index (χ2n) is 5.09. The van der Waals surface area contributed by atoms with Crippen molar-refractivity contribution < 1.29 is 0 Å². The summed E-state index contributed by atoms with van der Waals surface area (Å²) in [6.45, 7) is 7.33. The van der Waals surface area contributed by atoms with Crippen LogP contribution in [0, 0.1) is 11.8 Å². The van der Waals surface area contributed by atoms with Crippen LogP contribution in [0.2, 0.25) is 0 Å². The van der Waals surface area contributed by atoms with E-state index in [0.717, 1.165) is 36.4 Å². The summed E-state index contributed by atoms with van der Waals surface area (Å²) in [6, 6.07) is 0. The lowest BCUT2D eigenvalue weighted by atomic mass is 10.3. The van der Waals surface area contributed by atoms with Gasteiger partial charge in [0.15, 0.2) is 0 Å². The van der Waals surface area contributed by atoms with Gasteiger partial charge in [0.25, 0.3) is 0 Å². The maximum Gasteiger partial charge on any atom is 0.144 e. The highest BCUT2D eigenvalue weighted by Crippen LogP contribution is 2.38. The Labute approximate surface area is 103 Å². The quantitative estimate of drug-likeness (QED) is 0.817. The molecule has 1 heterocycles. The summed E-state index contributed by atoms with van der Waals surface area (Å²) < 4.78 is 0. The molecule has 1 N–H and O–H groups in total. The summed E-state index contributed by atoms with van der Waals surface area (Å²) in [5.74, 6) is 2.67. The van der Waals surface area contributed by atoms with Crippen LogP contribution in [0.15, 0.2) is 12.4 Å². The van der Waals surface area contributed by atoms with Gasteiger partial charge in [-0.1, -0.05) is 6.92 Å². The summed E-state index contributed by atoms with van der Waals surface area (Å²) in [5.41, 5.74) is 1.04. The van der Waals surface area contributed by atoms with E-state index in [0.29, 0.717) is 0 Å². The van der Waals surface area contributed by atoms with E-state index in [1.165, 1.54) is 13.0 Å². The third-order valence-corrected chi connectivity index (χ3v) is 3.32. The van der Waals surface area contributed by atoms with Gasteiger partial charge in [-0.05, 0) is 32.2 Å². The van der Waals surface area contributed by atoms with E-state index in [9.17, 15) is 0 Å². The Kier molecular flexibility index (Phi) is 3.94. The van der Waals surface area contributed by atoms with Gasteiger partial charge in [0.2, 0.25) is 0 Å². The monoisotopic (exact) mass is 234 g/mol. The van der Waals surface area contributed by atoms with Crippen molar-refractivity contribution >= 4 is 5.82 Å². The van der Waals surface area contributed by atoms with Gasteiger partial charge in [-0.3, -0.25) is 4.98 Å². The average Bonchev–Trinajstić information content (AvgIpc) is 2.97. The second kappa shape index (κ2) is 5.45. The van der Waals surface area contributed by atoms with Crippen molar-refractivity contribution in [1.82, 2.24) is 14.9 Å². The second-order valence-corrected chi connectivity index (χ2v) is 5.09. The van der Waals surface area contributed by atoms with Gasteiger partial charge >= 0.3 is 0 Å². The predicted octanol–water partition coefficient (Wildman–Crippen LogP) is 2.00. The fraction of sp³-hybridized carbons (Fsp3) is 0.692. The Balaban J connectivity index is 1.81. The molecule has 4 heteroatoms. The number of rotatable bonds is 6. The van der Waals surface area contributed by atoms with Gasteiger partial charge in [0.1, 0.15) is 5.82 Å². The molecule has 2 atom stereocenters. The van der Waals surface area contributed by atoms with E-state index in [-0.39, 0.29) is 0 Å². The Morgan fingerprint density at radius 2 is 2.18 bits per heavy atom. The van der Waals surface area contributed by atoms with E-state index in [1.54, 1.807) is 0 Å². The molecule has 0 bridgehead atoms. The topological polar surface area (TPSA) is 41.1 Å². The molecule has 1 aliphatic rings. The fourth-order valence-corrected chi connectivity index (χ4v) is 2.10. The molecule has 1 fully saturated rings. The molecule has 1 aliphatic carbocycles. The first-order valence-corrected chi connectivity index (χ1v) is 6.42. The molecule has 0 aromatic carbocycles. The van der Waals surface area contributed by atoms with Crippen LogP contribution in [0.3, 0.4) is 0 Å². The molecule has 1 saturated carbocycles. The minimum absolute atomic E-state index is 0.856. The Hall–Kier alpha value is -1.16. The first-order chi connectivity index (χ1) is 8.19. The molecule has 2 unspecified atom stereocenters. The lowest BCUT2D eigenvalue weighted by Crippen LogP contribution is -2.21. The van der Waals surface area contributed by atoms with Crippen LogP contribution in [-0.4, -0.2) is 35.0 Å². The lowest BCUT2D eigenvalue weighted by Gasteiger charge is -2.15. The highest BCUT2D eigenvalue weighted by Gasteiger charge is 2.32. The molecule has 0 amide bonds. The Bertz CT molecular complexity index is 349. The molecular weight excluding hydrogens is 212 g/mol. The standard InChI is InChI=1S/C13H22N4/c1-4-14-13-7-15-12(6-16-13)9-17(3)8-11-5-10(11)2/h6-7,10-11H,4-5,8-9H2,1-3H3,(H,14,16). The average molecular weight is 234 g/mol. The summed E-state index contributed by atoms with van der Waals surface area (Å²) in [7, 11) is 2.16. The van der Waals surface area contributed by atoms with Crippen molar-refractivity contribution in [1.29, 1.82) is 0 Å². The molecule has 94 valence electrons. The number of hydrogen-bond acceptors (Lipinski definition) is 4. The molecule has 0 spiro atoms. The normalized spacial score (nSPS) is 22.8. The third kappa shape index (κ3) is 3.66. The highest BCUT2D eigenvalue weighted by molar-refractivity contribution is 5.30. The zero-order valence-electron chi connectivity index (χ0n) is 11.0. The summed E-state index contributed by atoms with van der Waals surface area (Å²) in [5, 5.41) is 3.15. The molecule has 0 aliphatic heterocycles. The SMILES string of the molecule is CCNc1cnc(CN(C)CC2CC2C)cn1. The largest absolute Gasteiger partial charge is 0.369 e. The Morgan fingerprint density at radius 3 is 2.71 bits per heavy atom. The molecule has 1 aromatic heterocycles. The van der Waals surface area contributed by atoms with E-state index in [4.69, 9.17) is 0 Å². The van der Waals surface area contributed by atoms with Crippen LogP contribution in [0.4, 0.5) is 5.82 Å². The lowest BCUT2D eigenvalue weighted by molar-refractivity contribution is 0.303. The van der Waals surface area contributed by atoms with E-state index in [2.05, 4.69) is 41.1 Å². The third-order valence-electron chi connectivity index (χ3n) is 3.32. The van der Waals surface area contributed by atoms with Gasteiger partial charge < -0.3 is 10.2 Å². The van der Waals surface area contributed by atoms with Gasteiger partial charge in [0.05, 0.1) is 18.1 Å². The van der Waals surface area contributed by atoms with Crippen molar-refractivity contribution in [2.45, 2.75) is 26.8 Å². The van der Waals surface area contributed by atoms with Gasteiger partial charge in [-0.25, -0.2) is 4.98 Å². The molecule has 0 saturated heterocycles. The van der Waals surface area contributed by atoms with Crippen LogP contribution in [0.25, 0.3) is 0 Å². The van der Waals surface area contributed by atoms with Gasteiger partial charge in [0, 0.05) is 19.6 Å². The number of aromatic nitrogens is 2. The number of nitrogens with zero attached hydrogens (tertiary/aromatic N) is 3. The maximum atomic E-state index is 4.42. The number of nitrogens with one attached hydrogen (secondary N) is 1. The van der Waals surface area contributed by atoms with Crippen molar-refractivity contribution in [3.8, 4) is 0 Å². The molecule has 1 aromatic rings. The molecular formula is C13H22N4. The van der Waals surface area contributed by atoms with E-state index in [1.807, 2.05) is 12.4 Å². The van der Waals surface area contributed by atoms with Crippen molar-refractivity contribution in [3.63, 3.8) is 0 Å². The maximum absolute atomic E-state index is 4.42. The van der Waals surface area contributed by atoms with Crippen LogP contribution >= 0.6 is 0 Å². The molecule has 2 rings (SSSR count). The molecule has 4 nitrogen and oxygen atoms in total. The van der Waals surface area contributed by atoms with Crippen molar-refractivity contribution in [2.24, 2.45) is 11.8 Å². The summed E-state index contributed by atoms with van der Waals surface area (Å²) in [6.07, 6.45) is 5.06. The highest BCUT2D eigenvalue weighted by atomic mass is 15.1. The summed E-state index contributed by atoms with van der Waals surface area (Å²) >= 11 is 0. The molecule has 0 radical (unpaired) electrons. The number of anilines is 1. The minimum Gasteiger partial charge on any atom is -0.369 e. The number of hydrogen-bond donors (Lipinski definition) is 1. The first-order valence-electron chi connectivity index (χ1n) is 6.42. The first kappa shape index (κ1) is 12.3. The van der Waals surface area contributed by atoms with Crippen LogP contribution in [-0.2, 0) is 6.54 Å².